The molecule has 0 spiro atoms. The van der Waals surface area contributed by atoms with Gasteiger partial charge in [0, 0.05) is 17.6 Å². The quantitative estimate of drug-likeness (QED) is 0.756. The molecule has 2 aromatic rings. The van der Waals surface area contributed by atoms with Crippen LogP contribution in [0.5, 0.6) is 0 Å². The molecule has 0 saturated carbocycles. The zero-order valence-corrected chi connectivity index (χ0v) is 15.9. The van der Waals surface area contributed by atoms with Crippen LogP contribution in [0.15, 0.2) is 53.0 Å². The predicted molar refractivity (Wildman–Crippen MR) is 104 cm³/mol. The lowest BCUT2D eigenvalue weighted by molar-refractivity contribution is -0.115. The summed E-state index contributed by atoms with van der Waals surface area (Å²) in [6.45, 7) is 1.24. The number of ether oxygens (including phenoxy) is 1. The van der Waals surface area contributed by atoms with Crippen LogP contribution in [0.2, 0.25) is 0 Å². The van der Waals surface area contributed by atoms with E-state index >= 15 is 0 Å². The van der Waals surface area contributed by atoms with Crippen molar-refractivity contribution in [1.29, 1.82) is 0 Å². The van der Waals surface area contributed by atoms with Crippen LogP contribution in [-0.2, 0) is 16.0 Å². The van der Waals surface area contributed by atoms with E-state index in [1.165, 1.54) is 0 Å². The molecule has 5 nitrogen and oxygen atoms in total. The van der Waals surface area contributed by atoms with Crippen LogP contribution in [0.1, 0.15) is 28.8 Å². The van der Waals surface area contributed by atoms with Gasteiger partial charge in [0.05, 0.1) is 23.8 Å². The molecule has 0 unspecified atom stereocenters. The SMILES string of the molecule is O=C(Cc1cccc(Br)c1)Nc1ccccc1C(=O)NC[C@H]1CCCO1. The van der Waals surface area contributed by atoms with Crippen molar-refractivity contribution in [2.45, 2.75) is 25.4 Å². The van der Waals surface area contributed by atoms with Crippen LogP contribution >= 0.6 is 15.9 Å². The summed E-state index contributed by atoms with van der Waals surface area (Å²) in [6, 6.07) is 14.6. The summed E-state index contributed by atoms with van der Waals surface area (Å²) in [7, 11) is 0. The van der Waals surface area contributed by atoms with Crippen molar-refractivity contribution in [3.05, 3.63) is 64.1 Å². The van der Waals surface area contributed by atoms with Crippen molar-refractivity contribution in [3.8, 4) is 0 Å². The molecule has 0 radical (unpaired) electrons. The summed E-state index contributed by atoms with van der Waals surface area (Å²) in [5, 5.41) is 5.73. The highest BCUT2D eigenvalue weighted by Gasteiger charge is 2.18. The summed E-state index contributed by atoms with van der Waals surface area (Å²) in [5.74, 6) is -0.374. The average molecular weight is 417 g/mol. The number of amides is 2. The Balaban J connectivity index is 1.62. The van der Waals surface area contributed by atoms with Gasteiger partial charge in [0.1, 0.15) is 0 Å². The summed E-state index contributed by atoms with van der Waals surface area (Å²) in [4.78, 5) is 24.8. The zero-order valence-electron chi connectivity index (χ0n) is 14.3. The molecule has 2 N–H and O–H groups in total. The number of para-hydroxylation sites is 1. The molecule has 1 saturated heterocycles. The molecule has 1 aliphatic rings. The Kier molecular flexibility index (Phi) is 6.41. The molecular formula is C20H21BrN2O3. The first-order valence-corrected chi connectivity index (χ1v) is 9.44. The predicted octanol–water partition coefficient (Wildman–Crippen LogP) is 3.54. The van der Waals surface area contributed by atoms with Crippen LogP contribution in [-0.4, -0.2) is 31.1 Å². The van der Waals surface area contributed by atoms with Gasteiger partial charge in [-0.3, -0.25) is 9.59 Å². The Hall–Kier alpha value is -2.18. The van der Waals surface area contributed by atoms with Gasteiger partial charge in [-0.2, -0.15) is 0 Å². The van der Waals surface area contributed by atoms with Gasteiger partial charge in [0.25, 0.3) is 5.91 Å². The summed E-state index contributed by atoms with van der Waals surface area (Å²) in [5.41, 5.74) is 1.86. The highest BCUT2D eigenvalue weighted by atomic mass is 79.9. The summed E-state index contributed by atoms with van der Waals surface area (Å²) in [6.07, 6.45) is 2.32. The maximum atomic E-state index is 12.5. The van der Waals surface area contributed by atoms with E-state index in [1.807, 2.05) is 24.3 Å². The lowest BCUT2D eigenvalue weighted by Gasteiger charge is -2.14. The third-order valence-corrected chi connectivity index (χ3v) is 4.71. The van der Waals surface area contributed by atoms with Crippen molar-refractivity contribution in [1.82, 2.24) is 5.32 Å². The van der Waals surface area contributed by atoms with Gasteiger partial charge in [-0.05, 0) is 42.7 Å². The fourth-order valence-corrected chi connectivity index (χ4v) is 3.37. The van der Waals surface area contributed by atoms with E-state index in [0.717, 1.165) is 29.5 Å². The number of hydrogen-bond donors (Lipinski definition) is 2. The van der Waals surface area contributed by atoms with E-state index in [4.69, 9.17) is 4.74 Å². The van der Waals surface area contributed by atoms with Crippen molar-refractivity contribution >= 4 is 33.4 Å². The average Bonchev–Trinajstić information content (AvgIpc) is 3.13. The lowest BCUT2D eigenvalue weighted by Crippen LogP contribution is -2.32. The van der Waals surface area contributed by atoms with Crippen LogP contribution in [0, 0.1) is 0 Å². The molecule has 136 valence electrons. The first kappa shape index (κ1) is 18.6. The van der Waals surface area contributed by atoms with Gasteiger partial charge in [0.15, 0.2) is 0 Å². The van der Waals surface area contributed by atoms with E-state index in [2.05, 4.69) is 26.6 Å². The summed E-state index contributed by atoms with van der Waals surface area (Å²) < 4.78 is 6.45. The van der Waals surface area contributed by atoms with Crippen LogP contribution in [0.3, 0.4) is 0 Å². The molecule has 6 heteroatoms. The molecule has 1 atom stereocenters. The first-order valence-electron chi connectivity index (χ1n) is 8.65. The third kappa shape index (κ3) is 5.16. The molecule has 0 aliphatic carbocycles. The number of carbonyl (C=O) groups excluding carboxylic acids is 2. The van der Waals surface area contributed by atoms with Gasteiger partial charge in [0.2, 0.25) is 5.91 Å². The largest absolute Gasteiger partial charge is 0.376 e. The maximum absolute atomic E-state index is 12.5. The van der Waals surface area contributed by atoms with Crippen LogP contribution in [0.25, 0.3) is 0 Å². The van der Waals surface area contributed by atoms with Gasteiger partial charge in [-0.1, -0.05) is 40.2 Å². The molecule has 1 heterocycles. The Morgan fingerprint density at radius 3 is 2.77 bits per heavy atom. The molecular weight excluding hydrogens is 396 g/mol. The zero-order chi connectivity index (χ0) is 18.4. The number of halogens is 1. The number of anilines is 1. The number of hydrogen-bond acceptors (Lipinski definition) is 3. The van der Waals surface area contributed by atoms with Crippen molar-refractivity contribution in [2.75, 3.05) is 18.5 Å². The lowest BCUT2D eigenvalue weighted by atomic mass is 10.1. The number of carbonyl (C=O) groups is 2. The number of rotatable bonds is 6. The highest BCUT2D eigenvalue weighted by Crippen LogP contribution is 2.17. The van der Waals surface area contributed by atoms with Gasteiger partial charge < -0.3 is 15.4 Å². The number of nitrogens with one attached hydrogen (secondary N) is 2. The second-order valence-corrected chi connectivity index (χ2v) is 7.16. The minimum absolute atomic E-state index is 0.0808. The third-order valence-electron chi connectivity index (χ3n) is 4.21. The minimum atomic E-state index is -0.209. The smallest absolute Gasteiger partial charge is 0.253 e. The van der Waals surface area contributed by atoms with E-state index < -0.39 is 0 Å². The first-order chi connectivity index (χ1) is 12.6. The van der Waals surface area contributed by atoms with Crippen molar-refractivity contribution in [3.63, 3.8) is 0 Å². The van der Waals surface area contributed by atoms with Crippen LogP contribution in [0.4, 0.5) is 5.69 Å². The second kappa shape index (κ2) is 8.96. The summed E-state index contributed by atoms with van der Waals surface area (Å²) >= 11 is 3.40. The highest BCUT2D eigenvalue weighted by molar-refractivity contribution is 9.10. The fraction of sp³-hybridized carbons (Fsp3) is 0.300. The monoisotopic (exact) mass is 416 g/mol. The van der Waals surface area contributed by atoms with E-state index in [1.54, 1.807) is 24.3 Å². The van der Waals surface area contributed by atoms with Crippen LogP contribution < -0.4 is 10.6 Å². The Labute approximate surface area is 161 Å². The minimum Gasteiger partial charge on any atom is -0.376 e. The molecule has 3 rings (SSSR count). The Bertz CT molecular complexity index is 788. The molecule has 1 fully saturated rings. The molecule has 2 amide bonds. The Morgan fingerprint density at radius 1 is 1.15 bits per heavy atom. The van der Waals surface area contributed by atoms with Gasteiger partial charge in [-0.15, -0.1) is 0 Å². The normalized spacial score (nSPS) is 16.3. The van der Waals surface area contributed by atoms with E-state index in [9.17, 15) is 9.59 Å². The molecule has 2 aromatic carbocycles. The topological polar surface area (TPSA) is 67.4 Å². The molecule has 1 aliphatic heterocycles. The molecule has 0 aromatic heterocycles. The van der Waals surface area contributed by atoms with Crippen molar-refractivity contribution < 1.29 is 14.3 Å². The number of benzene rings is 2. The standard InChI is InChI=1S/C20H21BrN2O3/c21-15-6-3-5-14(11-15)12-19(24)23-18-9-2-1-8-17(18)20(25)22-13-16-7-4-10-26-16/h1-3,5-6,8-9,11,16H,4,7,10,12-13H2,(H,22,25)(H,23,24)/t16-/m1/s1. The fourth-order valence-electron chi connectivity index (χ4n) is 2.92. The van der Waals surface area contributed by atoms with Crippen molar-refractivity contribution in [2.24, 2.45) is 0 Å². The van der Waals surface area contributed by atoms with E-state index in [0.29, 0.717) is 17.8 Å². The molecule has 26 heavy (non-hydrogen) atoms. The second-order valence-electron chi connectivity index (χ2n) is 6.25. The van der Waals surface area contributed by atoms with Gasteiger partial charge in [-0.25, -0.2) is 0 Å². The Morgan fingerprint density at radius 2 is 2.00 bits per heavy atom. The maximum Gasteiger partial charge on any atom is 0.253 e. The van der Waals surface area contributed by atoms with E-state index in [-0.39, 0.29) is 24.3 Å². The van der Waals surface area contributed by atoms with Gasteiger partial charge >= 0.3 is 0 Å². The molecule has 0 bridgehead atoms.